The maximum atomic E-state index is 12.6. The number of hydrogen-bond acceptors (Lipinski definition) is 3. The summed E-state index contributed by atoms with van der Waals surface area (Å²) in [6, 6.07) is 0.941. The molecule has 8 heteroatoms. The molecule has 0 aromatic carbocycles. The SMILES string of the molecule is NCc1cc(CO)c(C(F)F)c(C(F)(F)F)n1. The highest BCUT2D eigenvalue weighted by Crippen LogP contribution is 2.37. The number of alkyl halides is 5. The molecular formula is C9H9F5N2O. The molecule has 0 saturated carbocycles. The van der Waals surface area contributed by atoms with E-state index < -0.39 is 36.0 Å². The van der Waals surface area contributed by atoms with Gasteiger partial charge in [-0.15, -0.1) is 0 Å². The Morgan fingerprint density at radius 1 is 1.35 bits per heavy atom. The molecule has 0 aliphatic heterocycles. The van der Waals surface area contributed by atoms with Crippen molar-refractivity contribution in [2.45, 2.75) is 25.8 Å². The molecule has 0 spiro atoms. The van der Waals surface area contributed by atoms with Crippen LogP contribution in [-0.2, 0) is 19.3 Å². The summed E-state index contributed by atoms with van der Waals surface area (Å²) in [5.41, 5.74) is 1.41. The smallest absolute Gasteiger partial charge is 0.392 e. The van der Waals surface area contributed by atoms with Gasteiger partial charge in [0.25, 0.3) is 6.43 Å². The first-order valence-electron chi connectivity index (χ1n) is 4.50. The molecule has 0 atom stereocenters. The zero-order valence-electron chi connectivity index (χ0n) is 8.43. The highest BCUT2D eigenvalue weighted by atomic mass is 19.4. The standard InChI is InChI=1S/C9H9F5N2O/c10-8(11)6-4(3-17)1-5(2-15)16-7(6)9(12,13)14/h1,8,17H,2-3,15H2. The number of nitrogens with two attached hydrogens (primary N) is 1. The third-order valence-corrected chi connectivity index (χ3v) is 2.06. The number of aliphatic hydroxyl groups is 1. The molecule has 3 N–H and O–H groups in total. The van der Waals surface area contributed by atoms with Crippen LogP contribution >= 0.6 is 0 Å². The van der Waals surface area contributed by atoms with E-state index in [0.717, 1.165) is 6.07 Å². The second-order valence-electron chi connectivity index (χ2n) is 3.20. The first-order chi connectivity index (χ1) is 7.81. The summed E-state index contributed by atoms with van der Waals surface area (Å²) in [5.74, 6) is 0. The first kappa shape index (κ1) is 13.8. The van der Waals surface area contributed by atoms with E-state index in [2.05, 4.69) is 4.98 Å². The van der Waals surface area contributed by atoms with E-state index in [1.165, 1.54) is 0 Å². The van der Waals surface area contributed by atoms with Crippen LogP contribution < -0.4 is 5.73 Å². The van der Waals surface area contributed by atoms with Crippen molar-refractivity contribution >= 4 is 0 Å². The molecule has 96 valence electrons. The second kappa shape index (κ2) is 4.92. The quantitative estimate of drug-likeness (QED) is 0.813. The van der Waals surface area contributed by atoms with Gasteiger partial charge < -0.3 is 10.8 Å². The minimum atomic E-state index is -5.01. The van der Waals surface area contributed by atoms with E-state index in [9.17, 15) is 22.0 Å². The second-order valence-corrected chi connectivity index (χ2v) is 3.20. The van der Waals surface area contributed by atoms with Crippen molar-refractivity contribution in [3.8, 4) is 0 Å². The fourth-order valence-corrected chi connectivity index (χ4v) is 1.36. The summed E-state index contributed by atoms with van der Waals surface area (Å²) in [6.45, 7) is -1.27. The van der Waals surface area contributed by atoms with Crippen molar-refractivity contribution in [1.82, 2.24) is 4.98 Å². The van der Waals surface area contributed by atoms with E-state index in [0.29, 0.717) is 0 Å². The normalized spacial score (nSPS) is 12.2. The van der Waals surface area contributed by atoms with Crippen LogP contribution in [0.4, 0.5) is 22.0 Å². The Morgan fingerprint density at radius 3 is 2.29 bits per heavy atom. The van der Waals surface area contributed by atoms with Crippen LogP contribution in [0, 0.1) is 0 Å². The van der Waals surface area contributed by atoms with Crippen LogP contribution in [0.5, 0.6) is 0 Å². The lowest BCUT2D eigenvalue weighted by atomic mass is 10.1. The van der Waals surface area contributed by atoms with Gasteiger partial charge in [-0.3, -0.25) is 0 Å². The van der Waals surface area contributed by atoms with E-state index in [1.54, 1.807) is 0 Å². The molecule has 0 bridgehead atoms. The summed E-state index contributed by atoms with van der Waals surface area (Å²) in [7, 11) is 0. The van der Waals surface area contributed by atoms with Crippen LogP contribution in [0.3, 0.4) is 0 Å². The van der Waals surface area contributed by atoms with Crippen molar-refractivity contribution in [1.29, 1.82) is 0 Å². The van der Waals surface area contributed by atoms with Gasteiger partial charge in [-0.2, -0.15) is 13.2 Å². The number of pyridine rings is 1. The number of rotatable bonds is 3. The molecule has 1 aromatic heterocycles. The highest BCUT2D eigenvalue weighted by Gasteiger charge is 2.39. The maximum Gasteiger partial charge on any atom is 0.433 e. The summed E-state index contributed by atoms with van der Waals surface area (Å²) in [6.07, 6.45) is -8.38. The Hall–Kier alpha value is -1.28. The monoisotopic (exact) mass is 256 g/mol. The average Bonchev–Trinajstić information content (AvgIpc) is 2.25. The van der Waals surface area contributed by atoms with Crippen molar-refractivity contribution < 1.29 is 27.1 Å². The molecule has 1 aromatic rings. The van der Waals surface area contributed by atoms with Gasteiger partial charge in [0.15, 0.2) is 5.69 Å². The molecule has 0 aliphatic rings. The molecule has 1 heterocycles. The predicted molar refractivity (Wildman–Crippen MR) is 48.0 cm³/mol. The van der Waals surface area contributed by atoms with Crippen LogP contribution in [0.1, 0.15) is 28.9 Å². The van der Waals surface area contributed by atoms with Gasteiger partial charge in [0.2, 0.25) is 0 Å². The molecule has 0 fully saturated rings. The Kier molecular flexibility index (Phi) is 3.99. The van der Waals surface area contributed by atoms with Crippen molar-refractivity contribution in [3.63, 3.8) is 0 Å². The van der Waals surface area contributed by atoms with Crippen molar-refractivity contribution in [3.05, 3.63) is 28.6 Å². The van der Waals surface area contributed by atoms with Gasteiger partial charge >= 0.3 is 6.18 Å². The van der Waals surface area contributed by atoms with Crippen LogP contribution in [0.15, 0.2) is 6.07 Å². The van der Waals surface area contributed by atoms with Gasteiger partial charge in [-0.1, -0.05) is 0 Å². The fraction of sp³-hybridized carbons (Fsp3) is 0.444. The fourth-order valence-electron chi connectivity index (χ4n) is 1.36. The van der Waals surface area contributed by atoms with Gasteiger partial charge in [0.05, 0.1) is 17.9 Å². The lowest BCUT2D eigenvalue weighted by Gasteiger charge is -2.16. The molecule has 17 heavy (non-hydrogen) atoms. The van der Waals surface area contributed by atoms with Gasteiger partial charge in [0.1, 0.15) is 0 Å². The number of aliphatic hydroxyl groups excluding tert-OH is 1. The summed E-state index contributed by atoms with van der Waals surface area (Å²) < 4.78 is 62.7. The minimum absolute atomic E-state index is 0.203. The first-order valence-corrected chi connectivity index (χ1v) is 4.50. The number of hydrogen-bond donors (Lipinski definition) is 2. The van der Waals surface area contributed by atoms with E-state index >= 15 is 0 Å². The molecule has 0 aliphatic carbocycles. The molecule has 0 amide bonds. The van der Waals surface area contributed by atoms with E-state index in [-0.39, 0.29) is 12.2 Å². The molecule has 0 radical (unpaired) electrons. The Balaban J connectivity index is 3.52. The Morgan fingerprint density at radius 2 is 1.94 bits per heavy atom. The van der Waals surface area contributed by atoms with Gasteiger partial charge in [0, 0.05) is 6.54 Å². The largest absolute Gasteiger partial charge is 0.433 e. The highest BCUT2D eigenvalue weighted by molar-refractivity contribution is 5.35. The third-order valence-electron chi connectivity index (χ3n) is 2.06. The summed E-state index contributed by atoms with van der Waals surface area (Å²) >= 11 is 0. The third kappa shape index (κ3) is 2.89. The average molecular weight is 256 g/mol. The Bertz CT molecular complexity index is 405. The lowest BCUT2D eigenvalue weighted by molar-refractivity contribution is -0.143. The number of halogens is 5. The van der Waals surface area contributed by atoms with Gasteiger partial charge in [-0.25, -0.2) is 13.8 Å². The Labute approximate surface area is 93.1 Å². The van der Waals surface area contributed by atoms with E-state index in [4.69, 9.17) is 10.8 Å². The van der Waals surface area contributed by atoms with Crippen molar-refractivity contribution in [2.75, 3.05) is 0 Å². The van der Waals surface area contributed by atoms with Crippen LogP contribution in [-0.4, -0.2) is 10.1 Å². The molecular weight excluding hydrogens is 247 g/mol. The van der Waals surface area contributed by atoms with Crippen LogP contribution in [0.2, 0.25) is 0 Å². The van der Waals surface area contributed by atoms with Crippen LogP contribution in [0.25, 0.3) is 0 Å². The predicted octanol–water partition coefficient (Wildman–Crippen LogP) is 1.99. The number of nitrogens with zero attached hydrogens (tertiary/aromatic N) is 1. The molecule has 0 saturated heterocycles. The maximum absolute atomic E-state index is 12.6. The molecule has 0 unspecified atom stereocenters. The summed E-state index contributed by atoms with van der Waals surface area (Å²) in [4.78, 5) is 3.05. The zero-order chi connectivity index (χ0) is 13.2. The topological polar surface area (TPSA) is 59.1 Å². The molecule has 1 rings (SSSR count). The zero-order valence-corrected chi connectivity index (χ0v) is 8.43. The van der Waals surface area contributed by atoms with E-state index in [1.807, 2.05) is 0 Å². The molecule has 3 nitrogen and oxygen atoms in total. The van der Waals surface area contributed by atoms with Crippen molar-refractivity contribution in [2.24, 2.45) is 5.73 Å². The lowest BCUT2D eigenvalue weighted by Crippen LogP contribution is -2.17. The summed E-state index contributed by atoms with van der Waals surface area (Å²) in [5, 5.41) is 8.81. The van der Waals surface area contributed by atoms with Gasteiger partial charge in [-0.05, 0) is 11.6 Å². The minimum Gasteiger partial charge on any atom is -0.392 e. The number of aromatic nitrogens is 1.